The molecule has 0 aliphatic carbocycles. The molecule has 0 unspecified atom stereocenters. The number of aryl methyl sites for hydroxylation is 1. The highest BCUT2D eigenvalue weighted by Crippen LogP contribution is 2.37. The number of piperidine rings is 1. The maximum absolute atomic E-state index is 13.3. The van der Waals surface area contributed by atoms with Gasteiger partial charge in [0, 0.05) is 48.4 Å². The van der Waals surface area contributed by atoms with Crippen molar-refractivity contribution in [3.8, 4) is 17.1 Å². The predicted molar refractivity (Wildman–Crippen MR) is 146 cm³/mol. The van der Waals surface area contributed by atoms with E-state index in [-0.39, 0.29) is 11.7 Å². The molecule has 2 N–H and O–H groups in total. The van der Waals surface area contributed by atoms with E-state index >= 15 is 0 Å². The highest BCUT2D eigenvalue weighted by atomic mass is 16.5. The zero-order valence-corrected chi connectivity index (χ0v) is 21.8. The number of nitrogens with zero attached hydrogens (tertiary/aromatic N) is 4. The van der Waals surface area contributed by atoms with E-state index in [2.05, 4.69) is 63.6 Å². The number of fused-ring (bicyclic) bond motifs is 1. The third kappa shape index (κ3) is 4.79. The number of aromatic nitrogens is 4. The van der Waals surface area contributed by atoms with E-state index in [1.165, 1.54) is 5.56 Å². The van der Waals surface area contributed by atoms with Crippen molar-refractivity contribution in [2.75, 3.05) is 32.1 Å². The SMILES string of the molecule is Cc1ccc(-c2n[nH]c(C3(Nc4cccc(C(=O)C[C@H]5COc6cccnc65)c4)CCN(C)CC3)n2)cc1. The number of ketones is 1. The number of carbonyl (C=O) groups is 1. The summed E-state index contributed by atoms with van der Waals surface area (Å²) in [7, 11) is 2.14. The number of benzene rings is 2. The van der Waals surface area contributed by atoms with E-state index in [9.17, 15) is 4.79 Å². The minimum Gasteiger partial charge on any atom is -0.491 e. The van der Waals surface area contributed by atoms with Crippen LogP contribution in [-0.4, -0.2) is 57.6 Å². The zero-order chi connectivity index (χ0) is 26.1. The van der Waals surface area contributed by atoms with Gasteiger partial charge in [0.1, 0.15) is 5.75 Å². The fourth-order valence-corrected chi connectivity index (χ4v) is 5.37. The summed E-state index contributed by atoms with van der Waals surface area (Å²) in [5, 5.41) is 11.5. The molecule has 1 atom stereocenters. The second-order valence-electron chi connectivity index (χ2n) is 10.5. The second kappa shape index (κ2) is 10.0. The molecule has 194 valence electrons. The first-order chi connectivity index (χ1) is 18.5. The molecule has 2 aliphatic rings. The van der Waals surface area contributed by atoms with Gasteiger partial charge in [-0.1, -0.05) is 42.0 Å². The number of nitrogens with one attached hydrogen (secondary N) is 2. The molecule has 8 heteroatoms. The topological polar surface area (TPSA) is 96.0 Å². The van der Waals surface area contributed by atoms with Gasteiger partial charge in [-0.05, 0) is 51.1 Å². The van der Waals surface area contributed by atoms with Crippen LogP contribution in [0.5, 0.6) is 5.75 Å². The van der Waals surface area contributed by atoms with Crippen molar-refractivity contribution in [1.82, 2.24) is 25.1 Å². The summed E-state index contributed by atoms with van der Waals surface area (Å²) in [6.45, 7) is 4.42. The van der Waals surface area contributed by atoms with Gasteiger partial charge in [0.15, 0.2) is 17.4 Å². The predicted octanol–water partition coefficient (Wildman–Crippen LogP) is 4.96. The molecular formula is C30H32N6O2. The Balaban J connectivity index is 1.24. The molecule has 0 saturated carbocycles. The Morgan fingerprint density at radius 2 is 1.95 bits per heavy atom. The number of aromatic amines is 1. The number of carbonyl (C=O) groups excluding carboxylic acids is 1. The van der Waals surface area contributed by atoms with E-state index in [1.54, 1.807) is 6.20 Å². The molecule has 2 aliphatic heterocycles. The van der Waals surface area contributed by atoms with Crippen LogP contribution in [0.15, 0.2) is 66.9 Å². The van der Waals surface area contributed by atoms with Crippen LogP contribution < -0.4 is 10.1 Å². The van der Waals surface area contributed by atoms with Crippen molar-refractivity contribution in [1.29, 1.82) is 0 Å². The van der Waals surface area contributed by atoms with Gasteiger partial charge in [0.2, 0.25) is 0 Å². The molecule has 0 amide bonds. The van der Waals surface area contributed by atoms with Crippen molar-refractivity contribution in [2.24, 2.45) is 0 Å². The molecule has 2 aromatic heterocycles. The van der Waals surface area contributed by atoms with Gasteiger partial charge < -0.3 is 15.0 Å². The van der Waals surface area contributed by atoms with Crippen LogP contribution >= 0.6 is 0 Å². The third-order valence-corrected chi connectivity index (χ3v) is 7.72. The van der Waals surface area contributed by atoms with Crippen LogP contribution in [0.2, 0.25) is 0 Å². The van der Waals surface area contributed by atoms with Gasteiger partial charge in [-0.2, -0.15) is 5.10 Å². The van der Waals surface area contributed by atoms with Gasteiger partial charge in [-0.25, -0.2) is 4.98 Å². The van der Waals surface area contributed by atoms with Crippen molar-refractivity contribution in [2.45, 2.75) is 37.6 Å². The molecule has 4 heterocycles. The monoisotopic (exact) mass is 508 g/mol. The van der Waals surface area contributed by atoms with Crippen molar-refractivity contribution in [3.63, 3.8) is 0 Å². The fraction of sp³-hybridized carbons (Fsp3) is 0.333. The van der Waals surface area contributed by atoms with Gasteiger partial charge in [0.25, 0.3) is 0 Å². The van der Waals surface area contributed by atoms with Crippen molar-refractivity contribution >= 4 is 11.5 Å². The number of rotatable bonds is 7. The maximum Gasteiger partial charge on any atom is 0.181 e. The lowest BCUT2D eigenvalue weighted by atomic mass is 9.86. The molecule has 38 heavy (non-hydrogen) atoms. The molecule has 0 bridgehead atoms. The fourth-order valence-electron chi connectivity index (χ4n) is 5.37. The van der Waals surface area contributed by atoms with E-state index < -0.39 is 5.54 Å². The smallest absolute Gasteiger partial charge is 0.181 e. The number of likely N-dealkylation sites (tertiary alicyclic amines) is 1. The summed E-state index contributed by atoms with van der Waals surface area (Å²) >= 11 is 0. The van der Waals surface area contributed by atoms with E-state index in [4.69, 9.17) is 9.72 Å². The summed E-state index contributed by atoms with van der Waals surface area (Å²) in [5.74, 6) is 2.35. The summed E-state index contributed by atoms with van der Waals surface area (Å²) in [5.41, 5.74) is 4.23. The summed E-state index contributed by atoms with van der Waals surface area (Å²) in [6.07, 6.45) is 3.86. The van der Waals surface area contributed by atoms with Gasteiger partial charge in [-0.15, -0.1) is 0 Å². The number of pyridine rings is 1. The van der Waals surface area contributed by atoms with E-state index in [0.29, 0.717) is 24.4 Å². The number of H-pyrrole nitrogens is 1. The van der Waals surface area contributed by atoms with Crippen molar-refractivity contribution < 1.29 is 9.53 Å². The Morgan fingerprint density at radius 1 is 1.13 bits per heavy atom. The molecule has 1 saturated heterocycles. The minimum atomic E-state index is -0.410. The second-order valence-corrected chi connectivity index (χ2v) is 10.5. The largest absolute Gasteiger partial charge is 0.491 e. The maximum atomic E-state index is 13.3. The molecule has 8 nitrogen and oxygen atoms in total. The standard InChI is InChI=1S/C30H32N6O2/c1-20-8-10-21(11-9-20)28-32-29(35-34-28)30(12-15-36(2)16-13-30)33-24-6-3-5-22(17-24)25(37)18-23-19-38-26-7-4-14-31-27(23)26/h3-11,14,17,23,33H,12-13,15-16,18-19H2,1-2H3,(H,32,34,35)/t23-/m0/s1. The molecule has 0 radical (unpaired) electrons. The highest BCUT2D eigenvalue weighted by molar-refractivity contribution is 5.97. The number of anilines is 1. The van der Waals surface area contributed by atoms with Crippen LogP contribution in [0.4, 0.5) is 5.69 Å². The molecule has 1 fully saturated rings. The van der Waals surface area contributed by atoms with E-state index in [1.807, 2.05) is 36.4 Å². The average Bonchev–Trinajstić information content (AvgIpc) is 3.59. The molecule has 0 spiro atoms. The van der Waals surface area contributed by atoms with Gasteiger partial charge in [0.05, 0.1) is 17.8 Å². The lowest BCUT2D eigenvalue weighted by Crippen LogP contribution is -2.46. The summed E-state index contributed by atoms with van der Waals surface area (Å²) in [6, 6.07) is 19.8. The first-order valence-electron chi connectivity index (χ1n) is 13.2. The minimum absolute atomic E-state index is 0.0232. The Bertz CT molecular complexity index is 1440. The van der Waals surface area contributed by atoms with Crippen LogP contribution in [-0.2, 0) is 5.54 Å². The Morgan fingerprint density at radius 3 is 2.76 bits per heavy atom. The average molecular weight is 509 g/mol. The first kappa shape index (κ1) is 24.3. The quantitative estimate of drug-likeness (QED) is 0.341. The van der Waals surface area contributed by atoms with Crippen LogP contribution in [0.3, 0.4) is 0 Å². The van der Waals surface area contributed by atoms with Crippen molar-refractivity contribution in [3.05, 3.63) is 89.5 Å². The Labute approximate surface area is 222 Å². The van der Waals surface area contributed by atoms with Gasteiger partial charge >= 0.3 is 0 Å². The molecular weight excluding hydrogens is 476 g/mol. The third-order valence-electron chi connectivity index (χ3n) is 7.72. The molecule has 2 aromatic carbocycles. The first-order valence-corrected chi connectivity index (χ1v) is 13.2. The Hall–Kier alpha value is -4.04. The van der Waals surface area contributed by atoms with E-state index in [0.717, 1.165) is 54.4 Å². The number of Topliss-reactive ketones (excluding diaryl/α,β-unsaturated/α-hetero) is 1. The number of hydrogen-bond acceptors (Lipinski definition) is 7. The highest BCUT2D eigenvalue weighted by Gasteiger charge is 2.39. The van der Waals surface area contributed by atoms with Crippen LogP contribution in [0.1, 0.15) is 52.6 Å². The molecule has 6 rings (SSSR count). The van der Waals surface area contributed by atoms with Crippen LogP contribution in [0.25, 0.3) is 11.4 Å². The normalized spacial score (nSPS) is 18.5. The Kier molecular flexibility index (Phi) is 6.41. The number of ether oxygens (including phenoxy) is 1. The van der Waals surface area contributed by atoms with Gasteiger partial charge in [-0.3, -0.25) is 14.9 Å². The molecule has 4 aromatic rings. The number of hydrogen-bond donors (Lipinski definition) is 2. The van der Waals surface area contributed by atoms with Crippen LogP contribution in [0, 0.1) is 6.92 Å². The lowest BCUT2D eigenvalue weighted by Gasteiger charge is -2.40. The zero-order valence-electron chi connectivity index (χ0n) is 21.8. The lowest BCUT2D eigenvalue weighted by molar-refractivity contribution is 0.0969. The summed E-state index contributed by atoms with van der Waals surface area (Å²) in [4.78, 5) is 25.0. The summed E-state index contributed by atoms with van der Waals surface area (Å²) < 4.78 is 5.74.